The third-order valence-electron chi connectivity index (χ3n) is 3.15. The highest BCUT2D eigenvalue weighted by molar-refractivity contribution is 5.60. The fourth-order valence-corrected chi connectivity index (χ4v) is 1.95. The van der Waals surface area contributed by atoms with Crippen molar-refractivity contribution in [1.29, 1.82) is 0 Å². The number of carboxylic acids is 1. The van der Waals surface area contributed by atoms with Gasteiger partial charge in [-0.15, -0.1) is 0 Å². The predicted octanol–water partition coefficient (Wildman–Crippen LogP) is 2.59. The van der Waals surface area contributed by atoms with Crippen LogP contribution in [-0.2, 0) is 4.79 Å². The molecule has 0 radical (unpaired) electrons. The summed E-state index contributed by atoms with van der Waals surface area (Å²) in [7, 11) is 2.45. The molecule has 0 unspecified atom stereocenters. The number of rotatable bonds is 9. The van der Waals surface area contributed by atoms with Crippen molar-refractivity contribution in [1.82, 2.24) is 0 Å². The first-order valence-electron chi connectivity index (χ1n) is 7.43. The summed E-state index contributed by atoms with van der Waals surface area (Å²) in [4.78, 5) is 8.89. The van der Waals surface area contributed by atoms with E-state index in [0.717, 1.165) is 6.92 Å². The third kappa shape index (κ3) is 15.4. The van der Waals surface area contributed by atoms with Crippen molar-refractivity contribution in [3.05, 3.63) is 0 Å². The molecule has 3 heteroatoms. The van der Waals surface area contributed by atoms with Gasteiger partial charge in [0.25, 0.3) is 0 Å². The molecule has 0 fully saturated rings. The Balaban J connectivity index is 0. The second-order valence-electron chi connectivity index (χ2n) is 5.34. The lowest BCUT2D eigenvalue weighted by Gasteiger charge is -2.34. The number of hydrogen-bond donors (Lipinski definition) is 0. The van der Waals surface area contributed by atoms with Gasteiger partial charge in [-0.1, -0.05) is 40.0 Å². The second kappa shape index (κ2) is 12.9. The van der Waals surface area contributed by atoms with Crippen molar-refractivity contribution in [3.8, 4) is 0 Å². The van der Waals surface area contributed by atoms with Crippen LogP contribution in [0, 0.1) is 0 Å². The average Bonchev–Trinajstić information content (AvgIpc) is 2.31. The molecule has 18 heavy (non-hydrogen) atoms. The average molecular weight is 259 g/mol. The molecule has 0 rings (SSSR count). The maximum Gasteiger partial charge on any atom is 0.0784 e. The first-order valence-corrected chi connectivity index (χ1v) is 7.43. The standard InChI is InChI=1S/C13H30N.C2H4O2/c1-5-8-11-14(4,12-9-6-2)13-10-7-3;1-2(3)4/h5-13H2,1-4H3;1H3,(H,3,4)/q+1;/p-1. The van der Waals surface area contributed by atoms with Crippen LogP contribution in [-0.4, -0.2) is 37.1 Å². The van der Waals surface area contributed by atoms with Crippen LogP contribution in [0.4, 0.5) is 0 Å². The van der Waals surface area contributed by atoms with E-state index in [4.69, 9.17) is 9.90 Å². The van der Waals surface area contributed by atoms with Gasteiger partial charge in [-0.3, -0.25) is 0 Å². The Morgan fingerprint density at radius 3 is 1.28 bits per heavy atom. The van der Waals surface area contributed by atoms with Crippen LogP contribution in [0.5, 0.6) is 0 Å². The van der Waals surface area contributed by atoms with Crippen molar-refractivity contribution in [2.45, 2.75) is 66.2 Å². The van der Waals surface area contributed by atoms with Crippen LogP contribution in [0.1, 0.15) is 66.2 Å². The zero-order valence-corrected chi connectivity index (χ0v) is 13.1. The third-order valence-corrected chi connectivity index (χ3v) is 3.15. The number of hydrogen-bond acceptors (Lipinski definition) is 2. The van der Waals surface area contributed by atoms with E-state index in [1.165, 1.54) is 62.6 Å². The molecule has 0 aromatic heterocycles. The summed E-state index contributed by atoms with van der Waals surface area (Å²) in [5, 5.41) is 8.89. The number of carbonyl (C=O) groups excluding carboxylic acids is 1. The van der Waals surface area contributed by atoms with Gasteiger partial charge < -0.3 is 14.4 Å². The van der Waals surface area contributed by atoms with E-state index in [-0.39, 0.29) is 0 Å². The van der Waals surface area contributed by atoms with E-state index in [1.807, 2.05) is 0 Å². The lowest BCUT2D eigenvalue weighted by molar-refractivity contribution is -0.910. The summed E-state index contributed by atoms with van der Waals surface area (Å²) < 4.78 is 1.32. The van der Waals surface area contributed by atoms with E-state index in [9.17, 15) is 0 Å². The Morgan fingerprint density at radius 2 is 1.11 bits per heavy atom. The molecule has 0 N–H and O–H groups in total. The number of quaternary nitrogens is 1. The number of carboxylic acid groups (broad SMARTS) is 1. The van der Waals surface area contributed by atoms with Gasteiger partial charge in [0.2, 0.25) is 0 Å². The van der Waals surface area contributed by atoms with E-state index in [0.29, 0.717) is 0 Å². The fraction of sp³-hybridized carbons (Fsp3) is 0.933. The zero-order chi connectivity index (χ0) is 14.4. The highest BCUT2D eigenvalue weighted by Crippen LogP contribution is 2.10. The molecule has 0 aliphatic rings. The van der Waals surface area contributed by atoms with Gasteiger partial charge in [0.15, 0.2) is 0 Å². The lowest BCUT2D eigenvalue weighted by Crippen LogP contribution is -2.46. The van der Waals surface area contributed by atoms with Gasteiger partial charge in [0.1, 0.15) is 0 Å². The monoisotopic (exact) mass is 259 g/mol. The summed E-state index contributed by atoms with van der Waals surface area (Å²) in [5.74, 6) is -1.08. The van der Waals surface area contributed by atoms with Gasteiger partial charge in [-0.25, -0.2) is 0 Å². The van der Waals surface area contributed by atoms with E-state index >= 15 is 0 Å². The van der Waals surface area contributed by atoms with E-state index in [2.05, 4.69) is 27.8 Å². The van der Waals surface area contributed by atoms with Crippen molar-refractivity contribution < 1.29 is 14.4 Å². The van der Waals surface area contributed by atoms with Gasteiger partial charge in [-0.05, 0) is 26.2 Å². The van der Waals surface area contributed by atoms with Crippen LogP contribution < -0.4 is 5.11 Å². The molecule has 0 aliphatic carbocycles. The van der Waals surface area contributed by atoms with Crippen LogP contribution in [0.2, 0.25) is 0 Å². The molecule has 0 spiro atoms. The quantitative estimate of drug-likeness (QED) is 0.597. The molecule has 0 aromatic carbocycles. The van der Waals surface area contributed by atoms with Gasteiger partial charge in [0.05, 0.1) is 26.7 Å². The number of aliphatic carboxylic acids is 1. The molecule has 0 aliphatic heterocycles. The van der Waals surface area contributed by atoms with Crippen molar-refractivity contribution in [3.63, 3.8) is 0 Å². The highest BCUT2D eigenvalue weighted by atomic mass is 16.4. The van der Waals surface area contributed by atoms with Gasteiger partial charge in [0, 0.05) is 5.97 Å². The summed E-state index contributed by atoms with van der Waals surface area (Å²) in [5.41, 5.74) is 0. The van der Waals surface area contributed by atoms with E-state index < -0.39 is 5.97 Å². The Hall–Kier alpha value is -0.570. The van der Waals surface area contributed by atoms with Crippen molar-refractivity contribution in [2.75, 3.05) is 26.7 Å². The van der Waals surface area contributed by atoms with E-state index in [1.54, 1.807) is 0 Å². The normalized spacial score (nSPS) is 10.7. The first-order chi connectivity index (χ1) is 8.41. The SMILES string of the molecule is CC(=O)[O-].CCCC[N+](C)(CCCC)CCCC. The molecule has 0 saturated carbocycles. The zero-order valence-electron chi connectivity index (χ0n) is 13.1. The molecule has 0 saturated heterocycles. The summed E-state index contributed by atoms with van der Waals surface area (Å²) in [6.45, 7) is 12.0. The van der Waals surface area contributed by atoms with Crippen molar-refractivity contribution in [2.24, 2.45) is 0 Å². The van der Waals surface area contributed by atoms with Crippen LogP contribution in [0.15, 0.2) is 0 Å². The maximum absolute atomic E-state index is 8.89. The lowest BCUT2D eigenvalue weighted by atomic mass is 10.2. The minimum Gasteiger partial charge on any atom is -0.550 e. The van der Waals surface area contributed by atoms with Crippen LogP contribution in [0.3, 0.4) is 0 Å². The minimum absolute atomic E-state index is 0.972. The highest BCUT2D eigenvalue weighted by Gasteiger charge is 2.18. The van der Waals surface area contributed by atoms with Gasteiger partial charge >= 0.3 is 0 Å². The van der Waals surface area contributed by atoms with Crippen LogP contribution in [0.25, 0.3) is 0 Å². The smallest absolute Gasteiger partial charge is 0.0784 e. The first kappa shape index (κ1) is 19.8. The molecule has 0 aromatic rings. The molecular weight excluding hydrogens is 226 g/mol. The fourth-order valence-electron chi connectivity index (χ4n) is 1.95. The Labute approximate surface area is 114 Å². The summed E-state index contributed by atoms with van der Waals surface area (Å²) >= 11 is 0. The Kier molecular flexibility index (Phi) is 14.1. The molecule has 0 heterocycles. The molecule has 0 atom stereocenters. The Morgan fingerprint density at radius 1 is 0.889 bits per heavy atom. The predicted molar refractivity (Wildman–Crippen MR) is 76.2 cm³/mol. The molecule has 0 amide bonds. The summed E-state index contributed by atoms with van der Waals surface area (Å²) in [6, 6.07) is 0. The molecule has 3 nitrogen and oxygen atoms in total. The Bertz CT molecular complexity index is 167. The molecule has 110 valence electrons. The topological polar surface area (TPSA) is 40.1 Å². The molecule has 0 bridgehead atoms. The number of carbonyl (C=O) groups is 1. The minimum atomic E-state index is -1.08. The maximum atomic E-state index is 8.89. The van der Waals surface area contributed by atoms with Crippen LogP contribution >= 0.6 is 0 Å². The second-order valence-corrected chi connectivity index (χ2v) is 5.34. The number of unbranched alkanes of at least 4 members (excludes halogenated alkanes) is 3. The van der Waals surface area contributed by atoms with Gasteiger partial charge in [-0.2, -0.15) is 0 Å². The number of nitrogens with zero attached hydrogens (tertiary/aromatic N) is 1. The molecular formula is C15H33NO2. The summed E-state index contributed by atoms with van der Waals surface area (Å²) in [6.07, 6.45) is 8.20. The largest absolute Gasteiger partial charge is 0.550 e. The van der Waals surface area contributed by atoms with Crippen molar-refractivity contribution >= 4 is 5.97 Å².